The minimum atomic E-state index is -0.337. The summed E-state index contributed by atoms with van der Waals surface area (Å²) < 4.78 is 0. The summed E-state index contributed by atoms with van der Waals surface area (Å²) in [6, 6.07) is 76.6. The predicted octanol–water partition coefficient (Wildman–Crippen LogP) is 14.5. The number of hydrogen-bond acceptors (Lipinski definition) is 2. The second-order valence-electron chi connectivity index (χ2n) is 15.4. The first kappa shape index (κ1) is 33.9. The van der Waals surface area contributed by atoms with E-state index in [1.807, 2.05) is 18.2 Å². The van der Waals surface area contributed by atoms with Crippen molar-refractivity contribution in [1.82, 2.24) is 9.97 Å². The number of nitrogens with zero attached hydrogens (tertiary/aromatic N) is 2. The zero-order chi connectivity index (χ0) is 38.6. The van der Waals surface area contributed by atoms with Crippen molar-refractivity contribution in [2.45, 2.75) is 12.3 Å². The molecule has 0 spiro atoms. The first-order valence-electron chi connectivity index (χ1n) is 20.0. The van der Waals surface area contributed by atoms with Crippen molar-refractivity contribution in [3.8, 4) is 67.3 Å². The zero-order valence-electron chi connectivity index (χ0n) is 32.1. The molecule has 0 amide bonds. The van der Waals surface area contributed by atoms with Crippen LogP contribution in [0.15, 0.2) is 212 Å². The second kappa shape index (κ2) is 13.7. The molecule has 1 heterocycles. The average Bonchev–Trinajstić information content (AvgIpc) is 3.57. The summed E-state index contributed by atoms with van der Waals surface area (Å²) in [5, 5.41) is 4.74. The molecule has 272 valence electrons. The molecule has 1 aliphatic rings. The number of fused-ring (bicyclic) bond motifs is 5. The van der Waals surface area contributed by atoms with Crippen molar-refractivity contribution < 1.29 is 0 Å². The number of rotatable bonds is 6. The fourth-order valence-electron chi connectivity index (χ4n) is 9.26. The van der Waals surface area contributed by atoms with Gasteiger partial charge in [-0.2, -0.15) is 0 Å². The van der Waals surface area contributed by atoms with E-state index in [4.69, 9.17) is 9.97 Å². The van der Waals surface area contributed by atoms with Crippen LogP contribution in [0.5, 0.6) is 0 Å². The summed E-state index contributed by atoms with van der Waals surface area (Å²) >= 11 is 0. The molecule has 10 aromatic rings. The maximum absolute atomic E-state index is 5.26. The highest BCUT2D eigenvalue weighted by Crippen LogP contribution is 2.56. The van der Waals surface area contributed by atoms with Crippen LogP contribution in [0.3, 0.4) is 0 Å². The van der Waals surface area contributed by atoms with Gasteiger partial charge in [0.2, 0.25) is 0 Å². The highest BCUT2D eigenvalue weighted by atomic mass is 14.9. The Morgan fingerprint density at radius 2 is 0.948 bits per heavy atom. The Hall–Kier alpha value is -7.42. The van der Waals surface area contributed by atoms with E-state index in [0.29, 0.717) is 5.82 Å². The summed E-state index contributed by atoms with van der Waals surface area (Å²) in [5.41, 5.74) is 16.1. The molecule has 0 aliphatic heterocycles. The van der Waals surface area contributed by atoms with E-state index in [1.54, 1.807) is 0 Å². The van der Waals surface area contributed by atoms with E-state index in [1.165, 1.54) is 66.2 Å². The molecule has 58 heavy (non-hydrogen) atoms. The topological polar surface area (TPSA) is 25.8 Å². The minimum absolute atomic E-state index is 0.337. The minimum Gasteiger partial charge on any atom is -0.228 e. The molecular formula is C56H38N2. The SMILES string of the molecule is CC1(c2ccccc2)c2cc(-c3ccc(-c4cc(-c5ccc6ccccc6c5)nc(-c5ccccc5)n4)c4ccccc34)ccc2-c2c(-c3ccccc3)cccc21. The monoisotopic (exact) mass is 738 g/mol. The quantitative estimate of drug-likeness (QED) is 0.170. The lowest BCUT2D eigenvalue weighted by atomic mass is 9.73. The highest BCUT2D eigenvalue weighted by molar-refractivity contribution is 6.05. The summed E-state index contributed by atoms with van der Waals surface area (Å²) in [4.78, 5) is 10.4. The van der Waals surface area contributed by atoms with Crippen molar-refractivity contribution in [3.05, 3.63) is 229 Å². The Bertz CT molecular complexity index is 3170. The number of hydrogen-bond donors (Lipinski definition) is 0. The fraction of sp³-hybridized carbons (Fsp3) is 0.0357. The van der Waals surface area contributed by atoms with E-state index in [9.17, 15) is 0 Å². The maximum Gasteiger partial charge on any atom is 0.160 e. The lowest BCUT2D eigenvalue weighted by Gasteiger charge is -2.29. The van der Waals surface area contributed by atoms with E-state index < -0.39 is 0 Å². The Labute approximate surface area is 338 Å². The van der Waals surface area contributed by atoms with Gasteiger partial charge >= 0.3 is 0 Å². The summed E-state index contributed by atoms with van der Waals surface area (Å²) in [7, 11) is 0. The smallest absolute Gasteiger partial charge is 0.160 e. The zero-order valence-corrected chi connectivity index (χ0v) is 32.1. The molecule has 0 fully saturated rings. The van der Waals surface area contributed by atoms with Crippen LogP contribution in [-0.4, -0.2) is 9.97 Å². The van der Waals surface area contributed by atoms with E-state index in [0.717, 1.165) is 33.5 Å². The normalized spacial score (nSPS) is 14.4. The molecular weight excluding hydrogens is 701 g/mol. The summed E-state index contributed by atoms with van der Waals surface area (Å²) in [6.07, 6.45) is 0. The maximum atomic E-state index is 5.26. The number of aromatic nitrogens is 2. The van der Waals surface area contributed by atoms with Gasteiger partial charge in [-0.05, 0) is 96.7 Å². The molecule has 1 aliphatic carbocycles. The van der Waals surface area contributed by atoms with E-state index in [-0.39, 0.29) is 5.41 Å². The molecule has 1 aromatic heterocycles. The number of benzene rings is 9. The Morgan fingerprint density at radius 1 is 0.345 bits per heavy atom. The van der Waals surface area contributed by atoms with Gasteiger partial charge in [-0.25, -0.2) is 9.97 Å². The van der Waals surface area contributed by atoms with Gasteiger partial charge < -0.3 is 0 Å². The van der Waals surface area contributed by atoms with Crippen molar-refractivity contribution in [2.75, 3.05) is 0 Å². The molecule has 2 nitrogen and oxygen atoms in total. The van der Waals surface area contributed by atoms with Crippen LogP contribution >= 0.6 is 0 Å². The van der Waals surface area contributed by atoms with Crippen molar-refractivity contribution in [2.24, 2.45) is 0 Å². The largest absolute Gasteiger partial charge is 0.228 e. The third-order valence-electron chi connectivity index (χ3n) is 12.2. The molecule has 0 saturated carbocycles. The van der Waals surface area contributed by atoms with Crippen molar-refractivity contribution in [3.63, 3.8) is 0 Å². The lowest BCUT2D eigenvalue weighted by molar-refractivity contribution is 0.714. The fourth-order valence-corrected chi connectivity index (χ4v) is 9.26. The van der Waals surface area contributed by atoms with Crippen LogP contribution in [0, 0.1) is 0 Å². The van der Waals surface area contributed by atoms with Gasteiger partial charge in [0, 0.05) is 22.1 Å². The van der Waals surface area contributed by atoms with Gasteiger partial charge in [-0.15, -0.1) is 0 Å². The molecule has 0 bridgehead atoms. The molecule has 1 unspecified atom stereocenters. The summed E-state index contributed by atoms with van der Waals surface area (Å²) in [6.45, 7) is 2.40. The van der Waals surface area contributed by atoms with E-state index >= 15 is 0 Å². The highest BCUT2D eigenvalue weighted by Gasteiger charge is 2.42. The molecule has 1 atom stereocenters. The third kappa shape index (κ3) is 5.49. The molecule has 11 rings (SSSR count). The van der Waals surface area contributed by atoms with Crippen molar-refractivity contribution in [1.29, 1.82) is 0 Å². The van der Waals surface area contributed by atoms with Crippen LogP contribution in [0.1, 0.15) is 23.6 Å². The second-order valence-corrected chi connectivity index (χ2v) is 15.4. The van der Waals surface area contributed by atoms with Gasteiger partial charge in [-0.1, -0.05) is 194 Å². The first-order valence-corrected chi connectivity index (χ1v) is 20.0. The van der Waals surface area contributed by atoms with Crippen LogP contribution in [0.4, 0.5) is 0 Å². The van der Waals surface area contributed by atoms with Crippen LogP contribution in [0.25, 0.3) is 88.8 Å². The van der Waals surface area contributed by atoms with Gasteiger partial charge in [0.15, 0.2) is 5.82 Å². The van der Waals surface area contributed by atoms with Gasteiger partial charge in [0.25, 0.3) is 0 Å². The molecule has 9 aromatic carbocycles. The van der Waals surface area contributed by atoms with Gasteiger partial charge in [0.1, 0.15) is 0 Å². The Kier molecular flexibility index (Phi) is 7.97. The van der Waals surface area contributed by atoms with Crippen molar-refractivity contribution >= 4 is 21.5 Å². The predicted molar refractivity (Wildman–Crippen MR) is 242 cm³/mol. The molecule has 0 radical (unpaired) electrons. The Morgan fingerprint density at radius 3 is 1.72 bits per heavy atom. The average molecular weight is 739 g/mol. The molecule has 2 heteroatoms. The first-order chi connectivity index (χ1) is 28.6. The van der Waals surface area contributed by atoms with Gasteiger partial charge in [-0.3, -0.25) is 0 Å². The van der Waals surface area contributed by atoms with Crippen LogP contribution < -0.4 is 0 Å². The third-order valence-corrected chi connectivity index (χ3v) is 12.2. The standard InChI is InChI=1S/C56H38N2/c1-56(43-22-9-4-10-23-43)50-27-15-26-45(38-17-5-2-6-18-38)54(50)49-31-30-41(35-51(49)56)44-32-33-48(47-25-14-13-24-46(44)47)53-36-52(57-55(58-53)39-19-7-3-8-20-39)42-29-28-37-16-11-12-21-40(37)34-42/h2-36H,1H3. The lowest BCUT2D eigenvalue weighted by Crippen LogP contribution is -2.22. The van der Waals surface area contributed by atoms with Gasteiger partial charge in [0.05, 0.1) is 11.4 Å². The van der Waals surface area contributed by atoms with Crippen LogP contribution in [0.2, 0.25) is 0 Å². The molecule has 0 saturated heterocycles. The molecule has 0 N–H and O–H groups in total. The summed E-state index contributed by atoms with van der Waals surface area (Å²) in [5.74, 6) is 0.711. The Balaban J connectivity index is 1.09. The van der Waals surface area contributed by atoms with E-state index in [2.05, 4.69) is 201 Å². The van der Waals surface area contributed by atoms with Crippen LogP contribution in [-0.2, 0) is 5.41 Å².